The van der Waals surface area contributed by atoms with Crippen LogP contribution in [-0.2, 0) is 0 Å². The molecule has 3 heterocycles. The summed E-state index contributed by atoms with van der Waals surface area (Å²) < 4.78 is 2.34. The molecule has 3 nitrogen and oxygen atoms in total. The average Bonchev–Trinajstić information content (AvgIpc) is 3.71. The molecule has 0 saturated carbocycles. The lowest BCUT2D eigenvalue weighted by Gasteiger charge is -2.18. The normalized spacial score (nSPS) is 11.7. The largest absolute Gasteiger partial charge is 0.306 e. The first-order chi connectivity index (χ1) is 32.3. The van der Waals surface area contributed by atoms with Crippen molar-refractivity contribution in [2.24, 2.45) is 0 Å². The van der Waals surface area contributed by atoms with E-state index in [9.17, 15) is 0 Å². The number of benzene rings is 10. The van der Waals surface area contributed by atoms with E-state index in [4.69, 9.17) is 9.97 Å². The number of hydrogen-bond acceptors (Lipinski definition) is 2. The highest BCUT2D eigenvalue weighted by Gasteiger charge is 2.21. The van der Waals surface area contributed by atoms with Gasteiger partial charge in [0.1, 0.15) is 11.0 Å². The molecule has 0 unspecified atom stereocenters. The zero-order chi connectivity index (χ0) is 42.8. The highest BCUT2D eigenvalue weighted by Crippen LogP contribution is 2.46. The Balaban J connectivity index is 0.993. The Morgan fingerprint density at radius 2 is 0.662 bits per heavy atom. The lowest BCUT2D eigenvalue weighted by atomic mass is 9.85. The molecule has 0 saturated heterocycles. The summed E-state index contributed by atoms with van der Waals surface area (Å²) in [5.41, 5.74) is 16.7. The van der Waals surface area contributed by atoms with Gasteiger partial charge in [-0.2, -0.15) is 0 Å². The van der Waals surface area contributed by atoms with E-state index in [1.54, 1.807) is 0 Å². The molecule has 0 atom stereocenters. The average molecular weight is 826 g/mol. The molecule has 0 aliphatic rings. The van der Waals surface area contributed by atoms with Crippen LogP contribution in [-0.4, -0.2) is 14.5 Å². The molecule has 0 N–H and O–H groups in total. The smallest absolute Gasteiger partial charge is 0.115 e. The first-order valence-electron chi connectivity index (χ1n) is 22.2. The van der Waals surface area contributed by atoms with Gasteiger partial charge in [-0.3, -0.25) is 9.97 Å². The second kappa shape index (κ2) is 15.0. The SMILES string of the molecule is c1ccc(-c2c3ccccc3c(-c3cccc(-c4cnc5c6ncccc6n(-c6cccc(-c7c8ccccc8c(-c8ccccc8)c8ccccc78)c6)c5c4)c3)c3ccccc23)cc1. The second-order valence-corrected chi connectivity index (χ2v) is 16.8. The van der Waals surface area contributed by atoms with Crippen molar-refractivity contribution in [1.82, 2.24) is 14.5 Å². The molecule has 0 aliphatic heterocycles. The van der Waals surface area contributed by atoms with Crippen molar-refractivity contribution >= 4 is 65.2 Å². The van der Waals surface area contributed by atoms with Crippen LogP contribution in [0.15, 0.2) is 237 Å². The number of nitrogens with zero attached hydrogens (tertiary/aromatic N) is 3. The topological polar surface area (TPSA) is 30.7 Å². The van der Waals surface area contributed by atoms with Crippen molar-refractivity contribution in [1.29, 1.82) is 0 Å². The van der Waals surface area contributed by atoms with Crippen molar-refractivity contribution in [2.75, 3.05) is 0 Å². The molecule has 0 spiro atoms. The van der Waals surface area contributed by atoms with E-state index in [-0.39, 0.29) is 0 Å². The maximum atomic E-state index is 5.20. The first kappa shape index (κ1) is 36.9. The lowest BCUT2D eigenvalue weighted by Crippen LogP contribution is -1.96. The number of rotatable bonds is 6. The third kappa shape index (κ3) is 5.90. The minimum absolute atomic E-state index is 0.877. The summed E-state index contributed by atoms with van der Waals surface area (Å²) in [5.74, 6) is 0. The molecule has 0 amide bonds. The quantitative estimate of drug-likeness (QED) is 0.156. The Bertz CT molecular complexity index is 3880. The molecule has 10 aromatic carbocycles. The predicted molar refractivity (Wildman–Crippen MR) is 274 cm³/mol. The molecule has 0 fully saturated rings. The first-order valence-corrected chi connectivity index (χ1v) is 22.2. The third-order valence-electron chi connectivity index (χ3n) is 13.2. The number of aromatic nitrogens is 3. The predicted octanol–water partition coefficient (Wildman–Crippen LogP) is 16.5. The van der Waals surface area contributed by atoms with Crippen LogP contribution in [0.5, 0.6) is 0 Å². The van der Waals surface area contributed by atoms with Gasteiger partial charge in [0.15, 0.2) is 0 Å². The molecule has 302 valence electrons. The summed E-state index contributed by atoms with van der Waals surface area (Å²) in [6.07, 6.45) is 3.88. The van der Waals surface area contributed by atoms with Gasteiger partial charge in [0, 0.05) is 23.6 Å². The van der Waals surface area contributed by atoms with Crippen molar-refractivity contribution in [3.63, 3.8) is 0 Å². The van der Waals surface area contributed by atoms with E-state index in [0.717, 1.165) is 44.4 Å². The Kier molecular flexibility index (Phi) is 8.53. The maximum Gasteiger partial charge on any atom is 0.115 e. The number of pyridine rings is 2. The molecule has 0 radical (unpaired) electrons. The summed E-state index contributed by atoms with van der Waals surface area (Å²) in [4.78, 5) is 10.1. The second-order valence-electron chi connectivity index (χ2n) is 16.8. The Labute approximate surface area is 376 Å². The zero-order valence-electron chi connectivity index (χ0n) is 35.4. The van der Waals surface area contributed by atoms with E-state index < -0.39 is 0 Å². The van der Waals surface area contributed by atoms with Crippen LogP contribution in [0, 0.1) is 0 Å². The molecular weight excluding hydrogens is 787 g/mol. The fourth-order valence-electron chi connectivity index (χ4n) is 10.5. The molecular formula is C62H39N3. The van der Waals surface area contributed by atoms with Gasteiger partial charge in [0.2, 0.25) is 0 Å². The van der Waals surface area contributed by atoms with E-state index in [2.05, 4.69) is 223 Å². The number of fused-ring (bicyclic) bond motifs is 7. The third-order valence-corrected chi connectivity index (χ3v) is 13.2. The van der Waals surface area contributed by atoms with E-state index in [1.807, 2.05) is 18.5 Å². The van der Waals surface area contributed by atoms with Gasteiger partial charge in [0.05, 0.1) is 11.0 Å². The van der Waals surface area contributed by atoms with Gasteiger partial charge in [0.25, 0.3) is 0 Å². The molecule has 13 rings (SSSR count). The Morgan fingerprint density at radius 3 is 1.17 bits per heavy atom. The Morgan fingerprint density at radius 1 is 0.262 bits per heavy atom. The maximum absolute atomic E-state index is 5.20. The fraction of sp³-hybridized carbons (Fsp3) is 0. The van der Waals surface area contributed by atoms with Crippen LogP contribution >= 0.6 is 0 Å². The standard InChI is InChI=1S/C62H39N3/c1-3-18-40(19-4-1)57-47-26-7-11-30-51(47)59(52-31-12-8-27-48(52)57)43-23-15-22-42(36-43)45-38-56-62(64-39-45)61-55(34-17-35-63-61)65(56)46-25-16-24-44(37-46)60-53-32-13-9-28-49(53)58(41-20-5-2-6-21-41)50-29-10-14-33-54(50)60/h1-39H. The Hall–Kier alpha value is -8.66. The van der Waals surface area contributed by atoms with E-state index >= 15 is 0 Å². The summed E-state index contributed by atoms with van der Waals surface area (Å²) in [7, 11) is 0. The highest BCUT2D eigenvalue weighted by molar-refractivity contribution is 6.23. The molecule has 65 heavy (non-hydrogen) atoms. The minimum Gasteiger partial charge on any atom is -0.306 e. The number of hydrogen-bond donors (Lipinski definition) is 0. The van der Waals surface area contributed by atoms with Gasteiger partial charge in [-0.05, 0) is 130 Å². The summed E-state index contributed by atoms with van der Waals surface area (Å²) in [5, 5.41) is 9.89. The van der Waals surface area contributed by atoms with Crippen LogP contribution in [0.2, 0.25) is 0 Å². The van der Waals surface area contributed by atoms with Crippen LogP contribution < -0.4 is 0 Å². The van der Waals surface area contributed by atoms with E-state index in [1.165, 1.54) is 82.0 Å². The summed E-state index contributed by atoms with van der Waals surface area (Å²) in [6.45, 7) is 0. The monoisotopic (exact) mass is 825 g/mol. The van der Waals surface area contributed by atoms with Crippen LogP contribution in [0.25, 0.3) is 126 Å². The van der Waals surface area contributed by atoms with Crippen LogP contribution in [0.3, 0.4) is 0 Å². The van der Waals surface area contributed by atoms with Gasteiger partial charge in [-0.25, -0.2) is 0 Å². The van der Waals surface area contributed by atoms with Crippen molar-refractivity contribution in [3.8, 4) is 61.3 Å². The molecule has 3 heteroatoms. The van der Waals surface area contributed by atoms with Gasteiger partial charge in [-0.15, -0.1) is 0 Å². The van der Waals surface area contributed by atoms with E-state index in [0.29, 0.717) is 0 Å². The van der Waals surface area contributed by atoms with Crippen LogP contribution in [0.1, 0.15) is 0 Å². The lowest BCUT2D eigenvalue weighted by molar-refractivity contribution is 1.17. The summed E-state index contributed by atoms with van der Waals surface area (Å²) >= 11 is 0. The fourth-order valence-corrected chi connectivity index (χ4v) is 10.5. The van der Waals surface area contributed by atoms with Crippen molar-refractivity contribution in [2.45, 2.75) is 0 Å². The summed E-state index contributed by atoms with van der Waals surface area (Å²) in [6, 6.07) is 81.4. The van der Waals surface area contributed by atoms with Crippen LogP contribution in [0.4, 0.5) is 0 Å². The molecule has 3 aromatic heterocycles. The molecule has 0 aliphatic carbocycles. The zero-order valence-corrected chi connectivity index (χ0v) is 35.4. The van der Waals surface area contributed by atoms with Gasteiger partial charge >= 0.3 is 0 Å². The molecule has 0 bridgehead atoms. The van der Waals surface area contributed by atoms with Gasteiger partial charge < -0.3 is 4.57 Å². The van der Waals surface area contributed by atoms with Gasteiger partial charge in [-0.1, -0.05) is 188 Å². The molecule has 13 aromatic rings. The van der Waals surface area contributed by atoms with Crippen molar-refractivity contribution < 1.29 is 0 Å². The van der Waals surface area contributed by atoms with Crippen molar-refractivity contribution in [3.05, 3.63) is 237 Å². The highest BCUT2D eigenvalue weighted by atomic mass is 15.0. The minimum atomic E-state index is 0.877.